The van der Waals surface area contributed by atoms with Gasteiger partial charge in [0.25, 0.3) is 0 Å². The fourth-order valence-electron chi connectivity index (χ4n) is 12.3. The van der Waals surface area contributed by atoms with Crippen LogP contribution in [0.4, 0.5) is 0 Å². The van der Waals surface area contributed by atoms with Crippen molar-refractivity contribution in [2.24, 2.45) is 11.8 Å². The van der Waals surface area contributed by atoms with Crippen LogP contribution >= 0.6 is 15.6 Å². The molecule has 0 rings (SSSR count). The number of phosphoric acid groups is 2. The van der Waals surface area contributed by atoms with E-state index in [0.717, 1.165) is 102 Å². The maximum atomic E-state index is 13.1. The molecule has 0 bridgehead atoms. The Morgan fingerprint density at radius 1 is 0.283 bits per heavy atom. The fraction of sp³-hybridized carbons (Fsp3) is 0.950. The Labute approximate surface area is 607 Å². The zero-order valence-corrected chi connectivity index (χ0v) is 66.6. The van der Waals surface area contributed by atoms with Crippen LogP contribution < -0.4 is 0 Å². The molecule has 4 unspecified atom stereocenters. The summed E-state index contributed by atoms with van der Waals surface area (Å²) in [4.78, 5) is 73.0. The summed E-state index contributed by atoms with van der Waals surface area (Å²) in [7, 11) is -9.92. The van der Waals surface area contributed by atoms with Gasteiger partial charge in [0.1, 0.15) is 19.3 Å². The van der Waals surface area contributed by atoms with Gasteiger partial charge in [0.2, 0.25) is 0 Å². The molecule has 0 heterocycles. The quantitative estimate of drug-likeness (QED) is 0.0222. The monoisotopic (exact) mass is 1450 g/mol. The number of unbranched alkanes of at least 4 members (excludes halogenated alkanes) is 47. The molecule has 99 heavy (non-hydrogen) atoms. The lowest BCUT2D eigenvalue weighted by atomic mass is 9.99. The molecular weight excluding hydrogens is 1290 g/mol. The van der Waals surface area contributed by atoms with Gasteiger partial charge >= 0.3 is 39.5 Å². The highest BCUT2D eigenvalue weighted by Crippen LogP contribution is 2.45. The molecule has 7 atom stereocenters. The van der Waals surface area contributed by atoms with Crippen molar-refractivity contribution in [2.45, 2.75) is 439 Å². The van der Waals surface area contributed by atoms with Crippen molar-refractivity contribution in [2.75, 3.05) is 39.6 Å². The first-order chi connectivity index (χ1) is 47.9. The molecular formula is C80H156O17P2. The van der Waals surface area contributed by atoms with Gasteiger partial charge in [0, 0.05) is 25.7 Å². The largest absolute Gasteiger partial charge is 0.472 e. The molecule has 0 fully saturated rings. The summed E-state index contributed by atoms with van der Waals surface area (Å²) >= 11 is 0. The van der Waals surface area contributed by atoms with E-state index < -0.39 is 97.5 Å². The number of carbonyl (C=O) groups excluding carboxylic acids is 4. The standard InChI is InChI=1S/C80H156O17P2/c1-7-11-13-15-17-19-21-23-24-25-30-33-37-44-50-56-62-77(82)90-68-75(96-80(85)65-59-53-47-39-35-31-27-26-29-32-36-42-48-54-60-72(5)9-3)70-94-98(86,87)92-66-74(81)67-93-99(88,89)95-71-76(69-91-78(83)63-57-51-45-41-40-43-49-55-61-73(6)10-4)97-79(84)64-58-52-46-38-34-28-22-20-18-16-14-12-8-2/h72-76,81H,7-71H2,1-6H3,(H,86,87)(H,88,89)/t72?,73?,74-,75-,76-/m1/s1. The SMILES string of the molecule is CCCCCCCCCCCCCCCCCCC(=O)OC[C@H](COP(=O)(O)OC[C@@H](O)COP(=O)(O)OC[C@@H](COC(=O)CCCCCCCCCCC(C)CC)OC(=O)CCCCCCCCCCCCCCC)OC(=O)CCCCCCCCCCCCCCCCC(C)CC. The first-order valence-electron chi connectivity index (χ1n) is 41.6. The van der Waals surface area contributed by atoms with Crippen molar-refractivity contribution < 1.29 is 80.2 Å². The Kier molecular flexibility index (Phi) is 70.3. The first-order valence-corrected chi connectivity index (χ1v) is 44.6. The summed E-state index contributed by atoms with van der Waals surface area (Å²) in [5, 5.41) is 10.6. The summed E-state index contributed by atoms with van der Waals surface area (Å²) in [5.41, 5.74) is 0. The number of rotatable bonds is 79. The van der Waals surface area contributed by atoms with Crippen LogP contribution in [0.15, 0.2) is 0 Å². The van der Waals surface area contributed by atoms with E-state index in [1.54, 1.807) is 0 Å². The predicted molar refractivity (Wildman–Crippen MR) is 405 cm³/mol. The third-order valence-electron chi connectivity index (χ3n) is 19.4. The van der Waals surface area contributed by atoms with Gasteiger partial charge in [-0.3, -0.25) is 37.3 Å². The molecule has 3 N–H and O–H groups in total. The highest BCUT2D eigenvalue weighted by molar-refractivity contribution is 7.47. The molecule has 0 aliphatic carbocycles. The van der Waals surface area contributed by atoms with Gasteiger partial charge in [-0.05, 0) is 37.5 Å². The van der Waals surface area contributed by atoms with E-state index in [2.05, 4.69) is 41.5 Å². The number of aliphatic hydroxyl groups excluding tert-OH is 1. The fourth-order valence-corrected chi connectivity index (χ4v) is 13.9. The summed E-state index contributed by atoms with van der Waals surface area (Å²) < 4.78 is 68.7. The van der Waals surface area contributed by atoms with Gasteiger partial charge in [-0.2, -0.15) is 0 Å². The lowest BCUT2D eigenvalue weighted by Gasteiger charge is -2.21. The molecule has 0 saturated heterocycles. The number of aliphatic hydroxyl groups is 1. The number of carbonyl (C=O) groups is 4. The number of hydrogen-bond acceptors (Lipinski definition) is 15. The van der Waals surface area contributed by atoms with Gasteiger partial charge < -0.3 is 33.8 Å². The van der Waals surface area contributed by atoms with Crippen LogP contribution in [-0.4, -0.2) is 96.7 Å². The maximum Gasteiger partial charge on any atom is 0.472 e. The molecule has 0 aliphatic heterocycles. The summed E-state index contributed by atoms with van der Waals surface area (Å²) in [5.74, 6) is -0.484. The van der Waals surface area contributed by atoms with Crippen LogP contribution in [0.25, 0.3) is 0 Å². The first kappa shape index (κ1) is 97.1. The third-order valence-corrected chi connectivity index (χ3v) is 21.3. The number of hydrogen-bond donors (Lipinski definition) is 3. The third kappa shape index (κ3) is 71.5. The highest BCUT2D eigenvalue weighted by atomic mass is 31.2. The van der Waals surface area contributed by atoms with Crippen molar-refractivity contribution in [1.29, 1.82) is 0 Å². The van der Waals surface area contributed by atoms with E-state index in [4.69, 9.17) is 37.0 Å². The molecule has 17 nitrogen and oxygen atoms in total. The molecule has 588 valence electrons. The van der Waals surface area contributed by atoms with Crippen LogP contribution in [0.1, 0.15) is 420 Å². The Balaban J connectivity index is 5.26. The summed E-state index contributed by atoms with van der Waals surface area (Å²) in [6.45, 7) is 9.69. The number of ether oxygens (including phenoxy) is 4. The topological polar surface area (TPSA) is 237 Å². The van der Waals surface area contributed by atoms with Crippen LogP contribution in [-0.2, 0) is 65.4 Å². The van der Waals surface area contributed by atoms with Gasteiger partial charge in [-0.25, -0.2) is 9.13 Å². The zero-order chi connectivity index (χ0) is 72.8. The van der Waals surface area contributed by atoms with E-state index in [0.29, 0.717) is 25.7 Å². The average Bonchev–Trinajstić information content (AvgIpc) is 1.02. The van der Waals surface area contributed by atoms with E-state index in [9.17, 15) is 43.2 Å². The Bertz CT molecular complexity index is 1910. The predicted octanol–water partition coefficient (Wildman–Crippen LogP) is 23.9. The molecule has 19 heteroatoms. The van der Waals surface area contributed by atoms with Crippen LogP contribution in [0, 0.1) is 11.8 Å². The Morgan fingerprint density at radius 2 is 0.485 bits per heavy atom. The van der Waals surface area contributed by atoms with Crippen molar-refractivity contribution >= 4 is 39.5 Å². The number of esters is 4. The van der Waals surface area contributed by atoms with Crippen LogP contribution in [0.3, 0.4) is 0 Å². The minimum absolute atomic E-state index is 0.107. The molecule has 0 aliphatic rings. The summed E-state index contributed by atoms with van der Waals surface area (Å²) in [6.07, 6.45) is 60.8. The normalized spacial score (nSPS) is 14.5. The molecule has 0 aromatic rings. The Morgan fingerprint density at radius 3 is 0.717 bits per heavy atom. The molecule has 0 spiro atoms. The van der Waals surface area contributed by atoms with Crippen molar-refractivity contribution in [1.82, 2.24) is 0 Å². The lowest BCUT2D eigenvalue weighted by molar-refractivity contribution is -0.161. The van der Waals surface area contributed by atoms with Gasteiger partial charge in [0.05, 0.1) is 26.4 Å². The second kappa shape index (κ2) is 71.7. The molecule has 0 aromatic heterocycles. The van der Waals surface area contributed by atoms with Gasteiger partial charge in [0.15, 0.2) is 12.2 Å². The van der Waals surface area contributed by atoms with Gasteiger partial charge in [-0.1, -0.05) is 369 Å². The zero-order valence-electron chi connectivity index (χ0n) is 64.8. The second-order valence-corrected chi connectivity index (χ2v) is 32.2. The van der Waals surface area contributed by atoms with Crippen LogP contribution in [0.5, 0.6) is 0 Å². The second-order valence-electron chi connectivity index (χ2n) is 29.3. The minimum Gasteiger partial charge on any atom is -0.462 e. The Hall–Kier alpha value is -1.94. The van der Waals surface area contributed by atoms with E-state index >= 15 is 0 Å². The minimum atomic E-state index is -4.96. The molecule has 0 saturated carbocycles. The van der Waals surface area contributed by atoms with Crippen molar-refractivity contribution in [3.05, 3.63) is 0 Å². The van der Waals surface area contributed by atoms with E-state index in [1.165, 1.54) is 238 Å². The van der Waals surface area contributed by atoms with Crippen LogP contribution in [0.2, 0.25) is 0 Å². The maximum absolute atomic E-state index is 13.1. The molecule has 0 amide bonds. The summed E-state index contributed by atoms with van der Waals surface area (Å²) in [6, 6.07) is 0. The number of phosphoric ester groups is 2. The molecule has 0 radical (unpaired) electrons. The highest BCUT2D eigenvalue weighted by Gasteiger charge is 2.30. The van der Waals surface area contributed by atoms with Crippen molar-refractivity contribution in [3.63, 3.8) is 0 Å². The smallest absolute Gasteiger partial charge is 0.462 e. The van der Waals surface area contributed by atoms with Gasteiger partial charge in [-0.15, -0.1) is 0 Å². The molecule has 0 aromatic carbocycles. The van der Waals surface area contributed by atoms with E-state index in [-0.39, 0.29) is 25.7 Å². The average molecular weight is 1450 g/mol. The van der Waals surface area contributed by atoms with E-state index in [1.807, 2.05) is 0 Å². The lowest BCUT2D eigenvalue weighted by Crippen LogP contribution is -2.30. The van der Waals surface area contributed by atoms with Crippen molar-refractivity contribution in [3.8, 4) is 0 Å².